The van der Waals surface area contributed by atoms with Gasteiger partial charge in [-0.05, 0) is 37.7 Å². The number of nitrogens with one attached hydrogen (secondary N) is 1. The molecule has 0 atom stereocenters. The topological polar surface area (TPSA) is 75.5 Å². The van der Waals surface area contributed by atoms with Crippen LogP contribution in [0.1, 0.15) is 55.8 Å². The van der Waals surface area contributed by atoms with Crippen molar-refractivity contribution in [1.82, 2.24) is 5.32 Å². The highest BCUT2D eigenvalue weighted by atomic mass is 16.6. The average Bonchev–Trinajstić information content (AvgIpc) is 3.08. The van der Waals surface area contributed by atoms with Gasteiger partial charge in [0.25, 0.3) is 11.6 Å². The summed E-state index contributed by atoms with van der Waals surface area (Å²) in [4.78, 5) is 25.6. The molecule has 0 radical (unpaired) electrons. The van der Waals surface area contributed by atoms with E-state index >= 15 is 0 Å². The number of piperidine rings is 1. The number of rotatable bonds is 4. The lowest BCUT2D eigenvalue weighted by Crippen LogP contribution is -2.37. The lowest BCUT2D eigenvalue weighted by Gasteiger charge is -2.33. The molecule has 1 aliphatic carbocycles. The number of anilines is 1. The zero-order valence-electron chi connectivity index (χ0n) is 14.2. The first kappa shape index (κ1) is 16.7. The van der Waals surface area contributed by atoms with Crippen molar-refractivity contribution in [3.05, 3.63) is 33.9 Å². The van der Waals surface area contributed by atoms with Gasteiger partial charge in [-0.25, -0.2) is 0 Å². The number of benzene rings is 1. The van der Waals surface area contributed by atoms with E-state index < -0.39 is 4.92 Å². The van der Waals surface area contributed by atoms with Crippen molar-refractivity contribution in [1.29, 1.82) is 0 Å². The molecule has 1 amide bonds. The van der Waals surface area contributed by atoms with E-state index in [0.29, 0.717) is 11.5 Å². The van der Waals surface area contributed by atoms with E-state index in [1.165, 1.54) is 12.1 Å². The highest BCUT2D eigenvalue weighted by Gasteiger charge is 2.25. The normalized spacial score (nSPS) is 19.5. The lowest BCUT2D eigenvalue weighted by atomic mass is 9.97. The molecule has 130 valence electrons. The van der Waals surface area contributed by atoms with Gasteiger partial charge in [-0.2, -0.15) is 0 Å². The Balaban J connectivity index is 1.86. The van der Waals surface area contributed by atoms with Crippen LogP contribution in [0.5, 0.6) is 0 Å². The van der Waals surface area contributed by atoms with Gasteiger partial charge in [0.2, 0.25) is 0 Å². The molecular formula is C18H25N3O3. The standard InChI is InChI=1S/C18H25N3O3/c1-13-8-10-20(11-9-13)17-7-6-15(21(23)24)12-16(17)18(22)19-14-4-2-3-5-14/h6-7,12-14H,2-5,8-11H2,1H3,(H,19,22). The number of nitrogens with zero attached hydrogens (tertiary/aromatic N) is 2. The molecule has 1 saturated carbocycles. The summed E-state index contributed by atoms with van der Waals surface area (Å²) in [5.41, 5.74) is 1.23. The fourth-order valence-corrected chi connectivity index (χ4v) is 3.68. The Labute approximate surface area is 142 Å². The maximum absolute atomic E-state index is 12.7. The molecule has 1 heterocycles. The van der Waals surface area contributed by atoms with Crippen LogP contribution in [0.3, 0.4) is 0 Å². The molecule has 0 unspecified atom stereocenters. The SMILES string of the molecule is CC1CCN(c2ccc([N+](=O)[O-])cc2C(=O)NC2CCCC2)CC1. The van der Waals surface area contributed by atoms with Crippen LogP contribution in [0.2, 0.25) is 0 Å². The van der Waals surface area contributed by atoms with Gasteiger partial charge >= 0.3 is 0 Å². The van der Waals surface area contributed by atoms with Crippen molar-refractivity contribution >= 4 is 17.3 Å². The average molecular weight is 331 g/mol. The zero-order valence-corrected chi connectivity index (χ0v) is 14.2. The van der Waals surface area contributed by atoms with Crippen LogP contribution in [0.4, 0.5) is 11.4 Å². The number of carbonyl (C=O) groups is 1. The Hall–Kier alpha value is -2.11. The summed E-state index contributed by atoms with van der Waals surface area (Å²) in [6, 6.07) is 4.86. The molecule has 2 fully saturated rings. The van der Waals surface area contributed by atoms with Crippen molar-refractivity contribution in [3.8, 4) is 0 Å². The molecule has 3 rings (SSSR count). The molecule has 1 N–H and O–H groups in total. The Morgan fingerprint density at radius 3 is 2.50 bits per heavy atom. The van der Waals surface area contributed by atoms with E-state index in [9.17, 15) is 14.9 Å². The quantitative estimate of drug-likeness (QED) is 0.677. The van der Waals surface area contributed by atoms with E-state index in [0.717, 1.165) is 57.3 Å². The first-order valence-electron chi connectivity index (χ1n) is 8.89. The number of hydrogen-bond donors (Lipinski definition) is 1. The monoisotopic (exact) mass is 331 g/mol. The molecule has 0 aromatic heterocycles. The highest BCUT2D eigenvalue weighted by Crippen LogP contribution is 2.30. The first-order chi connectivity index (χ1) is 11.5. The summed E-state index contributed by atoms with van der Waals surface area (Å²) in [5.74, 6) is 0.509. The number of hydrogen-bond acceptors (Lipinski definition) is 4. The van der Waals surface area contributed by atoms with E-state index in [1.54, 1.807) is 6.07 Å². The van der Waals surface area contributed by atoms with Crippen LogP contribution in [-0.2, 0) is 0 Å². The smallest absolute Gasteiger partial charge is 0.270 e. The number of non-ortho nitro benzene ring substituents is 1. The van der Waals surface area contributed by atoms with Crippen molar-refractivity contribution < 1.29 is 9.72 Å². The van der Waals surface area contributed by atoms with Crippen LogP contribution in [0.25, 0.3) is 0 Å². The molecule has 24 heavy (non-hydrogen) atoms. The molecule has 2 aliphatic rings. The van der Waals surface area contributed by atoms with E-state index in [4.69, 9.17) is 0 Å². The minimum absolute atomic E-state index is 0.0271. The highest BCUT2D eigenvalue weighted by molar-refractivity contribution is 6.00. The van der Waals surface area contributed by atoms with Crippen LogP contribution in [-0.4, -0.2) is 30.0 Å². The predicted octanol–water partition coefficient (Wildman–Crippen LogP) is 3.50. The predicted molar refractivity (Wildman–Crippen MR) is 93.4 cm³/mol. The Kier molecular flexibility index (Phi) is 5.02. The second-order valence-corrected chi connectivity index (χ2v) is 7.08. The Morgan fingerprint density at radius 1 is 1.21 bits per heavy atom. The molecule has 6 nitrogen and oxygen atoms in total. The van der Waals surface area contributed by atoms with Gasteiger partial charge in [0.15, 0.2) is 0 Å². The maximum Gasteiger partial charge on any atom is 0.270 e. The first-order valence-corrected chi connectivity index (χ1v) is 8.89. The molecular weight excluding hydrogens is 306 g/mol. The summed E-state index contributed by atoms with van der Waals surface area (Å²) in [5, 5.41) is 14.2. The summed E-state index contributed by atoms with van der Waals surface area (Å²) < 4.78 is 0. The van der Waals surface area contributed by atoms with Crippen molar-refractivity contribution in [3.63, 3.8) is 0 Å². The van der Waals surface area contributed by atoms with Crippen molar-refractivity contribution in [2.24, 2.45) is 5.92 Å². The molecule has 1 saturated heterocycles. The van der Waals surface area contributed by atoms with Crippen molar-refractivity contribution in [2.45, 2.75) is 51.5 Å². The van der Waals surface area contributed by atoms with Gasteiger partial charge < -0.3 is 10.2 Å². The molecule has 0 spiro atoms. The number of nitro benzene ring substituents is 1. The number of carbonyl (C=O) groups excluding carboxylic acids is 1. The van der Waals surface area contributed by atoms with E-state index in [2.05, 4.69) is 17.1 Å². The Bertz CT molecular complexity index is 618. The Morgan fingerprint density at radius 2 is 1.88 bits per heavy atom. The van der Waals surface area contributed by atoms with Crippen LogP contribution >= 0.6 is 0 Å². The van der Waals surface area contributed by atoms with Gasteiger partial charge in [0, 0.05) is 31.3 Å². The minimum atomic E-state index is -0.436. The second kappa shape index (κ2) is 7.20. The third-order valence-electron chi connectivity index (χ3n) is 5.25. The fraction of sp³-hybridized carbons (Fsp3) is 0.611. The summed E-state index contributed by atoms with van der Waals surface area (Å²) in [6.07, 6.45) is 6.43. The van der Waals surface area contributed by atoms with Gasteiger partial charge in [0.05, 0.1) is 16.2 Å². The largest absolute Gasteiger partial charge is 0.371 e. The molecule has 0 bridgehead atoms. The van der Waals surface area contributed by atoms with Crippen LogP contribution < -0.4 is 10.2 Å². The minimum Gasteiger partial charge on any atom is -0.371 e. The van der Waals surface area contributed by atoms with Gasteiger partial charge in [-0.3, -0.25) is 14.9 Å². The maximum atomic E-state index is 12.7. The third-order valence-corrected chi connectivity index (χ3v) is 5.25. The van der Waals surface area contributed by atoms with Gasteiger partial charge in [-0.1, -0.05) is 19.8 Å². The molecule has 6 heteroatoms. The molecule has 1 aromatic carbocycles. The zero-order chi connectivity index (χ0) is 17.1. The van der Waals surface area contributed by atoms with E-state index in [-0.39, 0.29) is 17.6 Å². The number of amides is 1. The van der Waals surface area contributed by atoms with Gasteiger partial charge in [-0.15, -0.1) is 0 Å². The summed E-state index contributed by atoms with van der Waals surface area (Å²) in [6.45, 7) is 4.02. The fourth-order valence-electron chi connectivity index (χ4n) is 3.68. The second-order valence-electron chi connectivity index (χ2n) is 7.08. The third kappa shape index (κ3) is 3.68. The van der Waals surface area contributed by atoms with Crippen molar-refractivity contribution in [2.75, 3.05) is 18.0 Å². The van der Waals surface area contributed by atoms with Crippen LogP contribution in [0.15, 0.2) is 18.2 Å². The van der Waals surface area contributed by atoms with E-state index in [1.807, 2.05) is 0 Å². The number of nitro groups is 1. The molecule has 1 aromatic rings. The lowest BCUT2D eigenvalue weighted by molar-refractivity contribution is -0.384. The molecule has 1 aliphatic heterocycles. The summed E-state index contributed by atoms with van der Waals surface area (Å²) in [7, 11) is 0. The van der Waals surface area contributed by atoms with Crippen LogP contribution in [0, 0.1) is 16.0 Å². The van der Waals surface area contributed by atoms with Gasteiger partial charge in [0.1, 0.15) is 0 Å². The summed E-state index contributed by atoms with van der Waals surface area (Å²) >= 11 is 0.